The average Bonchev–Trinajstić information content (AvgIpc) is 2.80. The van der Waals surface area contributed by atoms with Crippen LogP contribution < -0.4 is 10.4 Å². The second kappa shape index (κ2) is 12.1. The highest BCUT2D eigenvalue weighted by Gasteiger charge is 2.11. The van der Waals surface area contributed by atoms with Crippen LogP contribution in [0.1, 0.15) is 13.8 Å². The smallest absolute Gasteiger partial charge is 0.344 e. The molecule has 3 rings (SSSR count). The van der Waals surface area contributed by atoms with Crippen LogP contribution in [0.3, 0.4) is 0 Å². The second-order valence-electron chi connectivity index (χ2n) is 7.40. The highest BCUT2D eigenvalue weighted by molar-refractivity contribution is 5.81. The van der Waals surface area contributed by atoms with Crippen LogP contribution in [-0.2, 0) is 19.0 Å². The summed E-state index contributed by atoms with van der Waals surface area (Å²) in [5.74, 6) is -0.346. The Labute approximate surface area is 190 Å². The number of aromatic nitrogens is 1. The van der Waals surface area contributed by atoms with Crippen LogP contribution in [0.2, 0.25) is 0 Å². The number of halogens is 1. The minimum Gasteiger partial charge on any atom is -0.491 e. The molecule has 1 aromatic carbocycles. The summed E-state index contributed by atoms with van der Waals surface area (Å²) in [5.41, 5.74) is 0.365. The quantitative estimate of drug-likeness (QED) is 0.299. The van der Waals surface area contributed by atoms with E-state index < -0.39 is 11.4 Å². The van der Waals surface area contributed by atoms with Gasteiger partial charge in [-0.2, -0.15) is 0 Å². The molecule has 0 atom stereocenters. The maximum Gasteiger partial charge on any atom is 0.344 e. The first-order chi connectivity index (χ1) is 16.0. The van der Waals surface area contributed by atoms with Crippen molar-refractivity contribution in [2.45, 2.75) is 13.8 Å². The van der Waals surface area contributed by atoms with Gasteiger partial charge in [0, 0.05) is 0 Å². The fourth-order valence-corrected chi connectivity index (χ4v) is 2.85. The molecule has 2 heterocycles. The van der Waals surface area contributed by atoms with E-state index in [1.54, 1.807) is 38.1 Å². The number of carbonyl (C=O) groups excluding carboxylic acids is 1. The fourth-order valence-electron chi connectivity index (χ4n) is 2.85. The molecule has 0 saturated heterocycles. The fraction of sp³-hybridized carbons (Fsp3) is 0.375. The van der Waals surface area contributed by atoms with Crippen molar-refractivity contribution in [2.75, 3.05) is 39.6 Å². The van der Waals surface area contributed by atoms with Gasteiger partial charge in [0.05, 0.1) is 55.7 Å². The van der Waals surface area contributed by atoms with Gasteiger partial charge < -0.3 is 23.4 Å². The maximum absolute atomic E-state index is 14.0. The molecular weight excluding hydrogens is 433 g/mol. The summed E-state index contributed by atoms with van der Waals surface area (Å²) in [6.45, 7) is 5.58. The zero-order chi connectivity index (χ0) is 23.6. The van der Waals surface area contributed by atoms with E-state index in [4.69, 9.17) is 23.4 Å². The molecule has 0 spiro atoms. The van der Waals surface area contributed by atoms with E-state index in [-0.39, 0.29) is 35.0 Å². The Balaban J connectivity index is 1.37. The van der Waals surface area contributed by atoms with Gasteiger partial charge in [0.1, 0.15) is 19.0 Å². The minimum atomic E-state index is -0.572. The third kappa shape index (κ3) is 7.10. The van der Waals surface area contributed by atoms with Gasteiger partial charge in [0.25, 0.3) is 0 Å². The van der Waals surface area contributed by atoms with E-state index in [9.17, 15) is 14.0 Å². The van der Waals surface area contributed by atoms with Crippen molar-refractivity contribution in [1.29, 1.82) is 0 Å². The van der Waals surface area contributed by atoms with Gasteiger partial charge in [-0.3, -0.25) is 9.78 Å². The number of nitrogens with zero attached hydrogens (tertiary/aromatic N) is 1. The number of pyridine rings is 1. The minimum absolute atomic E-state index is 0.101. The van der Waals surface area contributed by atoms with Gasteiger partial charge in [0.15, 0.2) is 11.4 Å². The van der Waals surface area contributed by atoms with Gasteiger partial charge >= 0.3 is 11.6 Å². The molecule has 0 aliphatic carbocycles. The predicted octanol–water partition coefficient (Wildman–Crippen LogP) is 3.61. The van der Waals surface area contributed by atoms with E-state index in [0.29, 0.717) is 44.3 Å². The monoisotopic (exact) mass is 459 g/mol. The summed E-state index contributed by atoms with van der Waals surface area (Å²) in [4.78, 5) is 27.2. The van der Waals surface area contributed by atoms with Crippen LogP contribution in [0.4, 0.5) is 4.39 Å². The Morgan fingerprint density at radius 1 is 1.00 bits per heavy atom. The molecular formula is C24H26FNO7. The Kier molecular flexibility index (Phi) is 8.91. The summed E-state index contributed by atoms with van der Waals surface area (Å²) in [6, 6.07) is 8.28. The number of benzene rings is 1. The van der Waals surface area contributed by atoms with E-state index in [1.807, 2.05) is 0 Å². The van der Waals surface area contributed by atoms with Crippen LogP contribution in [0.5, 0.6) is 5.75 Å². The molecule has 0 unspecified atom stereocenters. The SMILES string of the molecule is CC(C)C(=O)OCCOCCOCCOc1ccc(-c2cc3c(F)cncc3oc2=O)cc1. The lowest BCUT2D eigenvalue weighted by atomic mass is 10.1. The van der Waals surface area contributed by atoms with Crippen molar-refractivity contribution >= 4 is 16.9 Å². The third-order valence-electron chi connectivity index (χ3n) is 4.59. The number of hydrogen-bond acceptors (Lipinski definition) is 8. The number of ether oxygens (including phenoxy) is 4. The number of fused-ring (bicyclic) bond motifs is 1. The van der Waals surface area contributed by atoms with E-state index in [1.165, 1.54) is 12.3 Å². The normalized spacial score (nSPS) is 11.2. The topological polar surface area (TPSA) is 97.1 Å². The van der Waals surface area contributed by atoms with Gasteiger partial charge in [-0.05, 0) is 23.8 Å². The first kappa shape index (κ1) is 24.3. The Bertz CT molecular complexity index is 1110. The molecule has 0 aliphatic heterocycles. The van der Waals surface area contributed by atoms with E-state index >= 15 is 0 Å². The molecule has 0 bridgehead atoms. The lowest BCUT2D eigenvalue weighted by Gasteiger charge is -2.09. The van der Waals surface area contributed by atoms with Gasteiger partial charge in [-0.25, -0.2) is 9.18 Å². The molecule has 0 radical (unpaired) electrons. The lowest BCUT2D eigenvalue weighted by Crippen LogP contribution is -2.16. The van der Waals surface area contributed by atoms with Crippen molar-refractivity contribution in [3.8, 4) is 16.9 Å². The summed E-state index contributed by atoms with van der Waals surface area (Å²) in [5, 5.41) is 0.192. The Morgan fingerprint density at radius 2 is 1.67 bits per heavy atom. The highest BCUT2D eigenvalue weighted by atomic mass is 19.1. The molecule has 8 nitrogen and oxygen atoms in total. The van der Waals surface area contributed by atoms with Crippen molar-refractivity contribution < 1.29 is 32.5 Å². The standard InChI is InChI=1S/C24H26FNO7/c1-16(2)23(27)32-12-10-30-8-7-29-9-11-31-18-5-3-17(4-6-18)19-13-20-21(25)14-26-15-22(20)33-24(19)28/h3-6,13-16H,7-12H2,1-2H3. The van der Waals surface area contributed by atoms with Crippen molar-refractivity contribution in [3.63, 3.8) is 0 Å². The Morgan fingerprint density at radius 3 is 2.36 bits per heavy atom. The van der Waals surface area contributed by atoms with Crippen molar-refractivity contribution in [1.82, 2.24) is 4.98 Å². The molecule has 176 valence electrons. The van der Waals surface area contributed by atoms with Crippen LogP contribution in [0, 0.1) is 11.7 Å². The predicted molar refractivity (Wildman–Crippen MR) is 119 cm³/mol. The van der Waals surface area contributed by atoms with Crippen LogP contribution >= 0.6 is 0 Å². The number of hydrogen-bond donors (Lipinski definition) is 0. The Hall–Kier alpha value is -3.30. The van der Waals surface area contributed by atoms with Crippen molar-refractivity contribution in [2.24, 2.45) is 5.92 Å². The summed E-state index contributed by atoms with van der Waals surface area (Å²) < 4.78 is 40.5. The summed E-state index contributed by atoms with van der Waals surface area (Å²) in [6.07, 6.45) is 2.38. The zero-order valence-corrected chi connectivity index (χ0v) is 18.5. The van der Waals surface area contributed by atoms with E-state index in [0.717, 1.165) is 6.20 Å². The van der Waals surface area contributed by atoms with Gasteiger partial charge in [0.2, 0.25) is 0 Å². The number of esters is 1. The summed E-state index contributed by atoms with van der Waals surface area (Å²) in [7, 11) is 0. The molecule has 0 amide bonds. The second-order valence-corrected chi connectivity index (χ2v) is 7.40. The average molecular weight is 459 g/mol. The molecule has 9 heteroatoms. The maximum atomic E-state index is 14.0. The van der Waals surface area contributed by atoms with E-state index in [2.05, 4.69) is 4.98 Å². The first-order valence-electron chi connectivity index (χ1n) is 10.6. The molecule has 33 heavy (non-hydrogen) atoms. The molecule has 0 aliphatic rings. The number of carbonyl (C=O) groups is 1. The first-order valence-corrected chi connectivity index (χ1v) is 10.6. The van der Waals surface area contributed by atoms with Gasteiger partial charge in [-0.15, -0.1) is 0 Å². The van der Waals surface area contributed by atoms with Crippen LogP contribution in [-0.4, -0.2) is 50.6 Å². The zero-order valence-electron chi connectivity index (χ0n) is 18.5. The largest absolute Gasteiger partial charge is 0.491 e. The number of rotatable bonds is 12. The highest BCUT2D eigenvalue weighted by Crippen LogP contribution is 2.24. The molecule has 0 fully saturated rings. The molecule has 0 N–H and O–H groups in total. The van der Waals surface area contributed by atoms with Gasteiger partial charge in [-0.1, -0.05) is 26.0 Å². The van der Waals surface area contributed by atoms with Crippen LogP contribution in [0.25, 0.3) is 22.1 Å². The molecule has 3 aromatic rings. The third-order valence-corrected chi connectivity index (χ3v) is 4.59. The van der Waals surface area contributed by atoms with Crippen LogP contribution in [0.15, 0.2) is 51.9 Å². The molecule has 0 saturated carbocycles. The van der Waals surface area contributed by atoms with Crippen molar-refractivity contribution in [3.05, 3.63) is 59.0 Å². The lowest BCUT2D eigenvalue weighted by molar-refractivity contribution is -0.149. The molecule has 2 aromatic heterocycles. The summed E-state index contributed by atoms with van der Waals surface area (Å²) >= 11 is 0.